The van der Waals surface area contributed by atoms with Crippen molar-refractivity contribution in [3.05, 3.63) is 30.1 Å². The van der Waals surface area contributed by atoms with Gasteiger partial charge in [-0.05, 0) is 43.6 Å². The van der Waals surface area contributed by atoms with Crippen LogP contribution in [0.5, 0.6) is 0 Å². The molecule has 3 heterocycles. The number of rotatable bonds is 4. The molecular weight excluding hydrogens is 288 g/mol. The molecule has 1 saturated heterocycles. The number of amides is 1. The van der Waals surface area contributed by atoms with Gasteiger partial charge in [0.15, 0.2) is 0 Å². The summed E-state index contributed by atoms with van der Waals surface area (Å²) in [6.45, 7) is 2.74. The Kier molecular flexibility index (Phi) is 5.20. The fourth-order valence-electron chi connectivity index (χ4n) is 2.95. The summed E-state index contributed by atoms with van der Waals surface area (Å²) in [5.74, 6) is 0.807. The number of likely N-dealkylation sites (tertiary alicyclic amines) is 1. The van der Waals surface area contributed by atoms with E-state index < -0.39 is 0 Å². The number of hydrogen-bond acceptors (Lipinski definition) is 3. The van der Waals surface area contributed by atoms with Crippen molar-refractivity contribution in [2.24, 2.45) is 5.92 Å². The molecule has 1 unspecified atom stereocenters. The summed E-state index contributed by atoms with van der Waals surface area (Å²) in [7, 11) is 1.96. The van der Waals surface area contributed by atoms with Crippen LogP contribution in [-0.2, 0) is 11.2 Å². The molecule has 6 heteroatoms. The second-order valence-electron chi connectivity index (χ2n) is 5.44. The molecule has 0 aliphatic carbocycles. The third-order valence-electron chi connectivity index (χ3n) is 4.01. The smallest absolute Gasteiger partial charge is 0.227 e. The molecule has 5 nitrogen and oxygen atoms in total. The van der Waals surface area contributed by atoms with Crippen molar-refractivity contribution in [1.82, 2.24) is 20.2 Å². The van der Waals surface area contributed by atoms with Crippen LogP contribution in [-0.4, -0.2) is 47.5 Å². The first-order valence-electron chi connectivity index (χ1n) is 7.11. The van der Waals surface area contributed by atoms with Gasteiger partial charge >= 0.3 is 0 Å². The number of fused-ring (bicyclic) bond motifs is 1. The summed E-state index contributed by atoms with van der Waals surface area (Å²) in [5.41, 5.74) is 1.89. The van der Waals surface area contributed by atoms with E-state index in [4.69, 9.17) is 0 Å². The summed E-state index contributed by atoms with van der Waals surface area (Å²) in [6, 6.07) is 3.91. The molecule has 0 spiro atoms. The summed E-state index contributed by atoms with van der Waals surface area (Å²) in [6.07, 6.45) is 5.21. The number of hydrogen-bond donors (Lipinski definition) is 2. The van der Waals surface area contributed by atoms with E-state index in [1.54, 1.807) is 6.20 Å². The largest absolute Gasteiger partial charge is 0.346 e. The predicted octanol–water partition coefficient (Wildman–Crippen LogP) is 1.60. The van der Waals surface area contributed by atoms with Gasteiger partial charge in [-0.3, -0.25) is 4.79 Å². The normalized spacial score (nSPS) is 18.0. The van der Waals surface area contributed by atoms with Crippen LogP contribution in [0, 0.1) is 5.92 Å². The van der Waals surface area contributed by atoms with Gasteiger partial charge in [0.1, 0.15) is 5.65 Å². The van der Waals surface area contributed by atoms with E-state index in [-0.39, 0.29) is 18.3 Å². The van der Waals surface area contributed by atoms with Crippen molar-refractivity contribution in [3.8, 4) is 0 Å². The molecule has 0 aromatic carbocycles. The second-order valence-corrected chi connectivity index (χ2v) is 5.44. The Morgan fingerprint density at radius 1 is 1.57 bits per heavy atom. The zero-order chi connectivity index (χ0) is 13.9. The van der Waals surface area contributed by atoms with Crippen molar-refractivity contribution in [3.63, 3.8) is 0 Å². The highest BCUT2D eigenvalue weighted by Crippen LogP contribution is 2.20. The molecule has 0 radical (unpaired) electrons. The van der Waals surface area contributed by atoms with E-state index in [0.29, 0.717) is 12.3 Å². The molecule has 1 atom stereocenters. The maximum Gasteiger partial charge on any atom is 0.227 e. The third-order valence-corrected chi connectivity index (χ3v) is 4.01. The van der Waals surface area contributed by atoms with Crippen molar-refractivity contribution >= 4 is 29.3 Å². The van der Waals surface area contributed by atoms with Crippen LogP contribution >= 0.6 is 12.4 Å². The number of halogens is 1. The molecular formula is C15H21ClN4O. The van der Waals surface area contributed by atoms with E-state index in [1.807, 2.05) is 30.3 Å². The Morgan fingerprint density at radius 3 is 3.24 bits per heavy atom. The third kappa shape index (κ3) is 3.36. The number of carbonyl (C=O) groups is 1. The molecule has 3 rings (SSSR count). The van der Waals surface area contributed by atoms with E-state index in [0.717, 1.165) is 42.7 Å². The zero-order valence-corrected chi connectivity index (χ0v) is 12.9. The van der Waals surface area contributed by atoms with Gasteiger partial charge in [0, 0.05) is 30.9 Å². The molecule has 1 aliphatic rings. The average molecular weight is 309 g/mol. The Hall–Kier alpha value is -1.59. The van der Waals surface area contributed by atoms with E-state index in [2.05, 4.69) is 15.3 Å². The van der Waals surface area contributed by atoms with Crippen molar-refractivity contribution in [2.45, 2.75) is 12.8 Å². The molecule has 2 aromatic rings. The van der Waals surface area contributed by atoms with Crippen LogP contribution in [0.4, 0.5) is 0 Å². The number of carbonyl (C=O) groups excluding carboxylic acids is 1. The van der Waals surface area contributed by atoms with E-state index in [9.17, 15) is 4.79 Å². The molecule has 1 fully saturated rings. The Morgan fingerprint density at radius 2 is 2.43 bits per heavy atom. The molecule has 21 heavy (non-hydrogen) atoms. The van der Waals surface area contributed by atoms with Gasteiger partial charge in [-0.2, -0.15) is 0 Å². The lowest BCUT2D eigenvalue weighted by molar-refractivity contribution is -0.129. The van der Waals surface area contributed by atoms with Crippen molar-refractivity contribution in [1.29, 1.82) is 0 Å². The molecule has 2 N–H and O–H groups in total. The summed E-state index contributed by atoms with van der Waals surface area (Å²) >= 11 is 0. The minimum atomic E-state index is 0. The van der Waals surface area contributed by atoms with Crippen molar-refractivity contribution in [2.75, 3.05) is 26.7 Å². The molecule has 2 aromatic heterocycles. The quantitative estimate of drug-likeness (QED) is 0.902. The highest BCUT2D eigenvalue weighted by atomic mass is 35.5. The number of pyridine rings is 1. The topological polar surface area (TPSA) is 61.0 Å². The zero-order valence-electron chi connectivity index (χ0n) is 12.1. The van der Waals surface area contributed by atoms with Crippen LogP contribution in [0.1, 0.15) is 12.0 Å². The minimum absolute atomic E-state index is 0. The van der Waals surface area contributed by atoms with Gasteiger partial charge in [-0.25, -0.2) is 4.98 Å². The maximum absolute atomic E-state index is 12.4. The Bertz CT molecular complexity index is 612. The average Bonchev–Trinajstić information content (AvgIpc) is 3.07. The molecule has 114 valence electrons. The first kappa shape index (κ1) is 15.8. The number of nitrogens with zero attached hydrogens (tertiary/aromatic N) is 2. The molecule has 1 aliphatic heterocycles. The van der Waals surface area contributed by atoms with Gasteiger partial charge in [0.05, 0.1) is 6.42 Å². The number of H-pyrrole nitrogens is 1. The lowest BCUT2D eigenvalue weighted by Gasteiger charge is -2.16. The predicted molar refractivity (Wildman–Crippen MR) is 85.7 cm³/mol. The Labute approximate surface area is 130 Å². The maximum atomic E-state index is 12.4. The fraction of sp³-hybridized carbons (Fsp3) is 0.467. The highest BCUT2D eigenvalue weighted by Gasteiger charge is 2.26. The minimum Gasteiger partial charge on any atom is -0.346 e. The first-order valence-corrected chi connectivity index (χ1v) is 7.11. The fourth-order valence-corrected chi connectivity index (χ4v) is 2.95. The van der Waals surface area contributed by atoms with Gasteiger partial charge in [0.2, 0.25) is 5.91 Å². The number of aromatic nitrogens is 2. The molecule has 0 bridgehead atoms. The summed E-state index contributed by atoms with van der Waals surface area (Å²) in [4.78, 5) is 21.7. The van der Waals surface area contributed by atoms with Gasteiger partial charge in [0.25, 0.3) is 0 Å². The van der Waals surface area contributed by atoms with Crippen LogP contribution in [0.15, 0.2) is 24.5 Å². The van der Waals surface area contributed by atoms with Crippen LogP contribution in [0.2, 0.25) is 0 Å². The van der Waals surface area contributed by atoms with Crippen LogP contribution < -0.4 is 5.32 Å². The highest BCUT2D eigenvalue weighted by molar-refractivity contribution is 5.87. The standard InChI is InChI=1S/C15H20N4O.ClH/c1-16-8-11-4-6-19(10-11)14(20)7-12-9-18-15-13(12)3-2-5-17-15;/h2-3,5,9,11,16H,4,6-8,10H2,1H3,(H,17,18);1H. The van der Waals surface area contributed by atoms with Crippen LogP contribution in [0.3, 0.4) is 0 Å². The lowest BCUT2D eigenvalue weighted by atomic mass is 10.1. The van der Waals surface area contributed by atoms with Crippen LogP contribution in [0.25, 0.3) is 11.0 Å². The summed E-state index contributed by atoms with van der Waals surface area (Å²) in [5, 5.41) is 4.24. The second kappa shape index (κ2) is 6.91. The van der Waals surface area contributed by atoms with Crippen molar-refractivity contribution < 1.29 is 4.79 Å². The van der Waals surface area contributed by atoms with Gasteiger partial charge in [-0.15, -0.1) is 12.4 Å². The SMILES string of the molecule is CNCC1CCN(C(=O)Cc2c[nH]c3ncccc23)C1.Cl. The lowest BCUT2D eigenvalue weighted by Crippen LogP contribution is -2.31. The van der Waals surface area contributed by atoms with E-state index in [1.165, 1.54) is 0 Å². The number of nitrogens with one attached hydrogen (secondary N) is 2. The molecule has 1 amide bonds. The molecule has 0 saturated carbocycles. The van der Waals surface area contributed by atoms with Gasteiger partial charge < -0.3 is 15.2 Å². The monoisotopic (exact) mass is 308 g/mol. The van der Waals surface area contributed by atoms with Gasteiger partial charge in [-0.1, -0.05) is 0 Å². The summed E-state index contributed by atoms with van der Waals surface area (Å²) < 4.78 is 0. The van der Waals surface area contributed by atoms with E-state index >= 15 is 0 Å². The Balaban J connectivity index is 0.00000161. The number of aromatic amines is 1. The first-order chi connectivity index (χ1) is 9.78.